The van der Waals surface area contributed by atoms with Gasteiger partial charge in [-0.05, 0) is 36.8 Å². The predicted octanol–water partition coefficient (Wildman–Crippen LogP) is 4.12. The van der Waals surface area contributed by atoms with Crippen molar-refractivity contribution in [1.82, 2.24) is 9.80 Å². The second kappa shape index (κ2) is 8.36. The summed E-state index contributed by atoms with van der Waals surface area (Å²) in [6, 6.07) is 0. The van der Waals surface area contributed by atoms with Gasteiger partial charge < -0.3 is 14.7 Å². The summed E-state index contributed by atoms with van der Waals surface area (Å²) in [5.74, 6) is -0.824. The number of allylic oxidation sites excluding steroid dienone is 1. The van der Waals surface area contributed by atoms with Gasteiger partial charge in [0.2, 0.25) is 0 Å². The molecular formula is C22H38N2O3. The smallest absolute Gasteiger partial charge is 0.337 e. The minimum Gasteiger partial charge on any atom is -0.478 e. The number of hydrogen-bond donors (Lipinski definition) is 1. The molecule has 1 fully saturated rings. The van der Waals surface area contributed by atoms with Gasteiger partial charge >= 0.3 is 5.97 Å². The molecule has 2 rings (SSSR count). The number of carboxylic acid groups (broad SMARTS) is 1. The number of rotatable bonds is 5. The van der Waals surface area contributed by atoms with Gasteiger partial charge in [0.15, 0.2) is 0 Å². The van der Waals surface area contributed by atoms with Crippen molar-refractivity contribution in [2.45, 2.75) is 67.5 Å². The summed E-state index contributed by atoms with van der Waals surface area (Å²) in [5, 5.41) is 9.95. The van der Waals surface area contributed by atoms with Crippen LogP contribution < -0.4 is 0 Å². The minimum absolute atomic E-state index is 0.103. The van der Waals surface area contributed by atoms with Gasteiger partial charge in [-0.3, -0.25) is 4.90 Å². The van der Waals surface area contributed by atoms with Crippen molar-refractivity contribution in [1.29, 1.82) is 0 Å². The first-order chi connectivity index (χ1) is 12.4. The zero-order valence-electron chi connectivity index (χ0n) is 18.3. The van der Waals surface area contributed by atoms with E-state index in [-0.39, 0.29) is 17.0 Å². The Morgan fingerprint density at radius 1 is 1.19 bits per heavy atom. The lowest BCUT2D eigenvalue weighted by Crippen LogP contribution is -2.54. The highest BCUT2D eigenvalue weighted by atomic mass is 16.5. The van der Waals surface area contributed by atoms with Crippen molar-refractivity contribution in [3.63, 3.8) is 0 Å². The van der Waals surface area contributed by atoms with E-state index in [0.717, 1.165) is 57.0 Å². The van der Waals surface area contributed by atoms with E-state index in [9.17, 15) is 9.90 Å². The fraction of sp³-hybridized carbons (Fsp3) is 0.773. The number of carboxylic acids is 1. The maximum atomic E-state index is 12.1. The summed E-state index contributed by atoms with van der Waals surface area (Å²) in [6.45, 7) is 19.2. The van der Waals surface area contributed by atoms with Gasteiger partial charge in [-0.15, -0.1) is 0 Å². The molecule has 0 bridgehead atoms. The molecule has 2 heterocycles. The Morgan fingerprint density at radius 2 is 1.78 bits per heavy atom. The summed E-state index contributed by atoms with van der Waals surface area (Å²) in [5.41, 5.74) is 2.34. The molecular weight excluding hydrogens is 340 g/mol. The van der Waals surface area contributed by atoms with E-state index in [2.05, 4.69) is 57.4 Å². The van der Waals surface area contributed by atoms with Crippen molar-refractivity contribution in [2.75, 3.05) is 32.8 Å². The van der Waals surface area contributed by atoms with Crippen LogP contribution >= 0.6 is 0 Å². The molecule has 0 aromatic rings. The third-order valence-corrected chi connectivity index (χ3v) is 5.31. The van der Waals surface area contributed by atoms with Gasteiger partial charge in [0.1, 0.15) is 6.17 Å². The number of ether oxygens (including phenoxy) is 1. The Bertz CT molecular complexity index is 602. The summed E-state index contributed by atoms with van der Waals surface area (Å²) < 4.78 is 5.54. The van der Waals surface area contributed by atoms with E-state index in [1.54, 1.807) is 0 Å². The standard InChI is InChI=1S/C22H38N2O3/c1-16-15-17(23-11-13-27-14-12-23)24(10-8-9-21(2,3)4)19(22(5,6)7)18(16)20(25)26/h15,17H,8-14H2,1-7H3,(H,25,26). The minimum atomic E-state index is -0.824. The fourth-order valence-corrected chi connectivity index (χ4v) is 4.10. The molecule has 0 aromatic heterocycles. The van der Waals surface area contributed by atoms with Crippen LogP contribution in [0.2, 0.25) is 0 Å². The lowest BCUT2D eigenvalue weighted by Gasteiger charge is -2.48. The maximum absolute atomic E-state index is 12.1. The first-order valence-electron chi connectivity index (χ1n) is 10.2. The molecule has 0 aliphatic carbocycles. The first-order valence-corrected chi connectivity index (χ1v) is 10.2. The van der Waals surface area contributed by atoms with Crippen LogP contribution in [-0.4, -0.2) is 59.9 Å². The topological polar surface area (TPSA) is 53.0 Å². The van der Waals surface area contributed by atoms with E-state index in [4.69, 9.17) is 4.74 Å². The number of morpholine rings is 1. The third-order valence-electron chi connectivity index (χ3n) is 5.31. The molecule has 0 saturated carbocycles. The van der Waals surface area contributed by atoms with Crippen molar-refractivity contribution in [3.05, 3.63) is 22.9 Å². The van der Waals surface area contributed by atoms with Crippen molar-refractivity contribution in [2.24, 2.45) is 10.8 Å². The van der Waals surface area contributed by atoms with Crippen LogP contribution in [0.3, 0.4) is 0 Å². The maximum Gasteiger partial charge on any atom is 0.337 e. The van der Waals surface area contributed by atoms with Crippen molar-refractivity contribution >= 4 is 5.97 Å². The van der Waals surface area contributed by atoms with Crippen LogP contribution in [0.1, 0.15) is 61.3 Å². The molecule has 154 valence electrons. The summed E-state index contributed by atoms with van der Waals surface area (Å²) >= 11 is 0. The fourth-order valence-electron chi connectivity index (χ4n) is 4.10. The van der Waals surface area contributed by atoms with Crippen LogP contribution in [-0.2, 0) is 9.53 Å². The van der Waals surface area contributed by atoms with E-state index in [1.165, 1.54) is 0 Å². The van der Waals surface area contributed by atoms with Gasteiger partial charge in [0, 0.05) is 30.7 Å². The molecule has 1 N–H and O–H groups in total. The van der Waals surface area contributed by atoms with Crippen LogP contribution in [0, 0.1) is 10.8 Å². The molecule has 5 nitrogen and oxygen atoms in total. The zero-order chi connectivity index (χ0) is 20.4. The highest BCUT2D eigenvalue weighted by Crippen LogP contribution is 2.40. The Labute approximate surface area is 165 Å². The molecule has 1 unspecified atom stereocenters. The van der Waals surface area contributed by atoms with Crippen LogP contribution in [0.4, 0.5) is 0 Å². The van der Waals surface area contributed by atoms with Gasteiger partial charge in [-0.25, -0.2) is 4.79 Å². The highest BCUT2D eigenvalue weighted by Gasteiger charge is 2.38. The molecule has 0 aromatic carbocycles. The Kier molecular flexibility index (Phi) is 6.80. The molecule has 27 heavy (non-hydrogen) atoms. The van der Waals surface area contributed by atoms with E-state index < -0.39 is 5.97 Å². The quantitative estimate of drug-likeness (QED) is 0.780. The van der Waals surface area contributed by atoms with E-state index >= 15 is 0 Å². The lowest BCUT2D eigenvalue weighted by molar-refractivity contribution is -0.132. The highest BCUT2D eigenvalue weighted by molar-refractivity contribution is 5.93. The van der Waals surface area contributed by atoms with Crippen LogP contribution in [0.5, 0.6) is 0 Å². The van der Waals surface area contributed by atoms with Crippen molar-refractivity contribution in [3.8, 4) is 0 Å². The van der Waals surface area contributed by atoms with E-state index in [1.807, 2.05) is 6.92 Å². The average molecular weight is 379 g/mol. The number of carbonyl (C=O) groups is 1. The predicted molar refractivity (Wildman–Crippen MR) is 109 cm³/mol. The number of aliphatic carboxylic acids is 1. The molecule has 1 saturated heterocycles. The number of nitrogens with zero attached hydrogens (tertiary/aromatic N) is 2. The molecule has 2 aliphatic rings. The molecule has 0 spiro atoms. The Balaban J connectivity index is 2.42. The van der Waals surface area contributed by atoms with Crippen molar-refractivity contribution < 1.29 is 14.6 Å². The Morgan fingerprint density at radius 3 is 2.26 bits per heavy atom. The molecule has 0 radical (unpaired) electrons. The second-order valence-corrected chi connectivity index (χ2v) is 10.0. The second-order valence-electron chi connectivity index (χ2n) is 10.0. The van der Waals surface area contributed by atoms with Crippen LogP contribution in [0.25, 0.3) is 0 Å². The van der Waals surface area contributed by atoms with Crippen LogP contribution in [0.15, 0.2) is 22.9 Å². The summed E-state index contributed by atoms with van der Waals surface area (Å²) in [7, 11) is 0. The van der Waals surface area contributed by atoms with Gasteiger partial charge in [-0.1, -0.05) is 41.5 Å². The monoisotopic (exact) mass is 378 g/mol. The first kappa shape index (κ1) is 22.0. The molecule has 2 aliphatic heterocycles. The normalized spacial score (nSPS) is 22.9. The van der Waals surface area contributed by atoms with Gasteiger partial charge in [0.25, 0.3) is 0 Å². The van der Waals surface area contributed by atoms with Gasteiger partial charge in [0.05, 0.1) is 18.8 Å². The third kappa shape index (κ3) is 5.58. The Hall–Kier alpha value is -1.33. The van der Waals surface area contributed by atoms with E-state index in [0.29, 0.717) is 5.57 Å². The average Bonchev–Trinajstić information content (AvgIpc) is 2.53. The molecule has 1 atom stereocenters. The largest absolute Gasteiger partial charge is 0.478 e. The SMILES string of the molecule is CC1=CC(N2CCOCC2)N(CCCC(C)(C)C)C(C(C)(C)C)=C1C(=O)O. The zero-order valence-corrected chi connectivity index (χ0v) is 18.3. The summed E-state index contributed by atoms with van der Waals surface area (Å²) in [6.07, 6.45) is 4.40. The number of hydrogen-bond acceptors (Lipinski definition) is 4. The summed E-state index contributed by atoms with van der Waals surface area (Å²) in [4.78, 5) is 16.9. The molecule has 5 heteroatoms. The lowest BCUT2D eigenvalue weighted by atomic mass is 9.82. The van der Waals surface area contributed by atoms with Gasteiger partial charge in [-0.2, -0.15) is 0 Å². The molecule has 0 amide bonds.